The van der Waals surface area contributed by atoms with Gasteiger partial charge in [0.25, 0.3) is 10.0 Å². The van der Waals surface area contributed by atoms with Gasteiger partial charge < -0.3 is 5.32 Å². The van der Waals surface area contributed by atoms with Crippen LogP contribution in [0.2, 0.25) is 0 Å². The van der Waals surface area contributed by atoms with E-state index >= 15 is 0 Å². The molecule has 0 spiro atoms. The molecule has 0 bridgehead atoms. The highest BCUT2D eigenvalue weighted by Crippen LogP contribution is 2.30. The van der Waals surface area contributed by atoms with Crippen LogP contribution in [-0.4, -0.2) is 31.7 Å². The second-order valence-electron chi connectivity index (χ2n) is 6.46. The van der Waals surface area contributed by atoms with E-state index in [4.69, 9.17) is 0 Å². The molecule has 1 N–H and O–H groups in total. The number of amides is 1. The van der Waals surface area contributed by atoms with Gasteiger partial charge in [-0.1, -0.05) is 29.8 Å². The maximum absolute atomic E-state index is 12.8. The van der Waals surface area contributed by atoms with E-state index in [1.165, 1.54) is 21.2 Å². The molecule has 1 fully saturated rings. The van der Waals surface area contributed by atoms with Crippen LogP contribution in [0.4, 0.5) is 0 Å². The minimum atomic E-state index is -3.54. The number of thiophene rings is 1. The Labute approximate surface area is 166 Å². The molecular weight excluding hydrogens is 436 g/mol. The smallest absolute Gasteiger partial charge is 0.252 e. The Morgan fingerprint density at radius 2 is 2.00 bits per heavy atom. The molecule has 5 nitrogen and oxygen atoms in total. The quantitative estimate of drug-likeness (QED) is 0.747. The zero-order valence-electron chi connectivity index (χ0n) is 14.4. The molecule has 1 atom stereocenters. The summed E-state index contributed by atoms with van der Waals surface area (Å²) in [5.41, 5.74) is 2.21. The first-order chi connectivity index (χ1) is 12.4. The van der Waals surface area contributed by atoms with Crippen molar-refractivity contribution >= 4 is 43.2 Å². The molecule has 3 rings (SSSR count). The summed E-state index contributed by atoms with van der Waals surface area (Å²) in [5, 5.41) is 2.94. The lowest BCUT2D eigenvalue weighted by atomic mass is 9.98. The Hall–Kier alpha value is -1.22. The number of hydrogen-bond acceptors (Lipinski definition) is 4. The van der Waals surface area contributed by atoms with E-state index in [0.29, 0.717) is 30.1 Å². The summed E-state index contributed by atoms with van der Waals surface area (Å²) in [7, 11) is -3.54. The third-order valence-corrected chi connectivity index (χ3v) is 8.44. The highest BCUT2D eigenvalue weighted by atomic mass is 79.9. The molecule has 26 heavy (non-hydrogen) atoms. The number of carbonyl (C=O) groups is 1. The van der Waals surface area contributed by atoms with Crippen LogP contribution in [0.25, 0.3) is 0 Å². The van der Waals surface area contributed by atoms with Gasteiger partial charge in [0.15, 0.2) is 0 Å². The van der Waals surface area contributed by atoms with Gasteiger partial charge in [-0.3, -0.25) is 4.79 Å². The van der Waals surface area contributed by atoms with Crippen LogP contribution >= 0.6 is 27.3 Å². The van der Waals surface area contributed by atoms with Gasteiger partial charge in [-0.15, -0.1) is 11.3 Å². The predicted molar refractivity (Wildman–Crippen MR) is 107 cm³/mol. The second kappa shape index (κ2) is 8.21. The van der Waals surface area contributed by atoms with Crippen molar-refractivity contribution in [3.05, 3.63) is 51.3 Å². The Bertz CT molecular complexity index is 878. The van der Waals surface area contributed by atoms with E-state index in [9.17, 15) is 13.2 Å². The molecule has 140 valence electrons. The standard InChI is InChI=1S/C18H21BrN2O3S2/c1-13-4-6-14(7-5-13)11-20-18(22)15-3-2-10-21(12-15)26(23,24)17-9-8-16(19)25-17/h4-9,15H,2-3,10-12H2,1H3,(H,20,22). The summed E-state index contributed by atoms with van der Waals surface area (Å²) < 4.78 is 28.1. The zero-order valence-corrected chi connectivity index (χ0v) is 17.7. The van der Waals surface area contributed by atoms with Crippen LogP contribution in [0, 0.1) is 12.8 Å². The molecule has 2 heterocycles. The van der Waals surface area contributed by atoms with Crippen LogP contribution in [0.1, 0.15) is 24.0 Å². The van der Waals surface area contributed by atoms with Crippen molar-refractivity contribution in [3.8, 4) is 0 Å². The van der Waals surface area contributed by atoms with Gasteiger partial charge in [0, 0.05) is 19.6 Å². The maximum atomic E-state index is 12.8. The third kappa shape index (κ3) is 4.54. The van der Waals surface area contributed by atoms with Crippen molar-refractivity contribution in [1.82, 2.24) is 9.62 Å². The first kappa shape index (κ1) is 19.5. The van der Waals surface area contributed by atoms with Crippen LogP contribution in [-0.2, 0) is 21.4 Å². The molecule has 0 aliphatic carbocycles. The molecule has 2 aromatic rings. The molecule has 1 aliphatic heterocycles. The summed E-state index contributed by atoms with van der Waals surface area (Å²) >= 11 is 4.50. The van der Waals surface area contributed by atoms with Gasteiger partial charge in [-0.25, -0.2) is 8.42 Å². The Kier molecular flexibility index (Phi) is 6.17. The van der Waals surface area contributed by atoms with Crippen molar-refractivity contribution in [2.24, 2.45) is 5.92 Å². The van der Waals surface area contributed by atoms with E-state index < -0.39 is 10.0 Å². The summed E-state index contributed by atoms with van der Waals surface area (Å²) in [6, 6.07) is 11.3. The van der Waals surface area contributed by atoms with Crippen LogP contribution in [0.3, 0.4) is 0 Å². The number of rotatable bonds is 5. The molecule has 1 unspecified atom stereocenters. The van der Waals surface area contributed by atoms with Crippen molar-refractivity contribution < 1.29 is 13.2 Å². The van der Waals surface area contributed by atoms with Crippen molar-refractivity contribution in [3.63, 3.8) is 0 Å². The molecular formula is C18H21BrN2O3S2. The van der Waals surface area contributed by atoms with Gasteiger partial charge in [0.1, 0.15) is 4.21 Å². The maximum Gasteiger partial charge on any atom is 0.252 e. The summed E-state index contributed by atoms with van der Waals surface area (Å²) in [5.74, 6) is -0.398. The summed E-state index contributed by atoms with van der Waals surface area (Å²) in [6.45, 7) is 3.17. The predicted octanol–water partition coefficient (Wildman–Crippen LogP) is 3.54. The first-order valence-electron chi connectivity index (χ1n) is 8.45. The lowest BCUT2D eigenvalue weighted by molar-refractivity contribution is -0.126. The fraction of sp³-hybridized carbons (Fsp3) is 0.389. The molecule has 0 radical (unpaired) electrons. The second-order valence-corrected chi connectivity index (χ2v) is 11.1. The average Bonchev–Trinajstić information content (AvgIpc) is 3.08. The zero-order chi connectivity index (χ0) is 18.7. The molecule has 1 aromatic heterocycles. The monoisotopic (exact) mass is 456 g/mol. The number of halogens is 1. The van der Waals surface area contributed by atoms with E-state index in [1.54, 1.807) is 12.1 Å². The number of nitrogens with zero attached hydrogens (tertiary/aromatic N) is 1. The van der Waals surface area contributed by atoms with Crippen LogP contribution in [0.5, 0.6) is 0 Å². The minimum Gasteiger partial charge on any atom is -0.352 e. The number of sulfonamides is 1. The Balaban J connectivity index is 1.62. The molecule has 1 amide bonds. The van der Waals surface area contributed by atoms with Crippen molar-refractivity contribution in [2.45, 2.75) is 30.5 Å². The van der Waals surface area contributed by atoms with Crippen molar-refractivity contribution in [2.75, 3.05) is 13.1 Å². The number of carbonyl (C=O) groups excluding carboxylic acids is 1. The molecule has 1 saturated heterocycles. The van der Waals surface area contributed by atoms with Crippen molar-refractivity contribution in [1.29, 1.82) is 0 Å². The molecule has 8 heteroatoms. The highest BCUT2D eigenvalue weighted by molar-refractivity contribution is 9.11. The molecule has 1 aromatic carbocycles. The van der Waals surface area contributed by atoms with Gasteiger partial charge in [-0.2, -0.15) is 4.31 Å². The van der Waals surface area contributed by atoms with E-state index in [2.05, 4.69) is 21.2 Å². The number of aryl methyl sites for hydroxylation is 1. The Morgan fingerprint density at radius 3 is 2.65 bits per heavy atom. The lowest BCUT2D eigenvalue weighted by Gasteiger charge is -2.30. The summed E-state index contributed by atoms with van der Waals surface area (Å²) in [4.78, 5) is 12.5. The molecule has 0 saturated carbocycles. The van der Waals surface area contributed by atoms with Crippen LogP contribution in [0.15, 0.2) is 44.4 Å². The molecule has 1 aliphatic rings. The first-order valence-corrected chi connectivity index (χ1v) is 11.5. The average molecular weight is 457 g/mol. The van der Waals surface area contributed by atoms with Gasteiger partial charge in [0.2, 0.25) is 5.91 Å². The number of nitrogens with one attached hydrogen (secondary N) is 1. The fourth-order valence-electron chi connectivity index (χ4n) is 2.98. The largest absolute Gasteiger partial charge is 0.352 e. The number of hydrogen-bond donors (Lipinski definition) is 1. The van der Waals surface area contributed by atoms with Gasteiger partial charge in [-0.05, 0) is 53.4 Å². The van der Waals surface area contributed by atoms with E-state index in [0.717, 1.165) is 9.35 Å². The van der Waals surface area contributed by atoms with Gasteiger partial charge >= 0.3 is 0 Å². The van der Waals surface area contributed by atoms with Crippen LogP contribution < -0.4 is 5.32 Å². The summed E-state index contributed by atoms with van der Waals surface area (Å²) in [6.07, 6.45) is 1.40. The van der Waals surface area contributed by atoms with Gasteiger partial charge in [0.05, 0.1) is 9.70 Å². The third-order valence-electron chi connectivity index (χ3n) is 4.48. The normalized spacial score (nSPS) is 18.6. The van der Waals surface area contributed by atoms with E-state index in [-0.39, 0.29) is 18.4 Å². The SMILES string of the molecule is Cc1ccc(CNC(=O)C2CCCN(S(=O)(=O)c3ccc(Br)s3)C2)cc1. The number of benzene rings is 1. The lowest BCUT2D eigenvalue weighted by Crippen LogP contribution is -2.45. The Morgan fingerprint density at radius 1 is 1.27 bits per heavy atom. The fourth-order valence-corrected chi connectivity index (χ4v) is 6.67. The number of piperidine rings is 1. The van der Waals surface area contributed by atoms with E-state index in [1.807, 2.05) is 31.2 Å². The minimum absolute atomic E-state index is 0.0853. The highest BCUT2D eigenvalue weighted by Gasteiger charge is 2.33. The topological polar surface area (TPSA) is 66.5 Å².